The van der Waals surface area contributed by atoms with Gasteiger partial charge in [-0.25, -0.2) is 0 Å². The molecule has 0 aromatic heterocycles. The molecule has 90 valence electrons. The third-order valence-corrected chi connectivity index (χ3v) is 3.17. The first-order valence-corrected chi connectivity index (χ1v) is 5.95. The second-order valence-corrected chi connectivity index (χ2v) is 4.25. The van der Waals surface area contributed by atoms with E-state index in [0.717, 1.165) is 13.0 Å². The van der Waals surface area contributed by atoms with Crippen LogP contribution in [0.5, 0.6) is 0 Å². The smallest absolute Gasteiger partial charge is 0.305 e. The monoisotopic (exact) mass is 224 g/mol. The molecule has 1 aliphatic carbocycles. The highest BCUT2D eigenvalue weighted by atomic mass is 16.5. The van der Waals surface area contributed by atoms with Crippen LogP contribution in [0.2, 0.25) is 0 Å². The Balaban J connectivity index is 2.27. The van der Waals surface area contributed by atoms with E-state index in [2.05, 4.69) is 15.7 Å². The molecule has 0 radical (unpaired) electrons. The molecule has 0 unspecified atom stereocenters. The fourth-order valence-electron chi connectivity index (χ4n) is 2.28. The van der Waals surface area contributed by atoms with Crippen molar-refractivity contribution in [1.82, 2.24) is 4.90 Å². The molecule has 16 heavy (non-hydrogen) atoms. The van der Waals surface area contributed by atoms with Crippen LogP contribution in [0, 0.1) is 11.3 Å². The zero-order valence-electron chi connectivity index (χ0n) is 9.95. The molecule has 0 amide bonds. The summed E-state index contributed by atoms with van der Waals surface area (Å²) in [7, 11) is 1.41. The first-order valence-electron chi connectivity index (χ1n) is 5.95. The third-order valence-electron chi connectivity index (χ3n) is 3.17. The average Bonchev–Trinajstić information content (AvgIpc) is 2.81. The van der Waals surface area contributed by atoms with Gasteiger partial charge in [-0.3, -0.25) is 9.69 Å². The molecule has 0 atom stereocenters. The van der Waals surface area contributed by atoms with Gasteiger partial charge in [-0.05, 0) is 25.8 Å². The number of carbonyl (C=O) groups excluding carboxylic acids is 1. The maximum atomic E-state index is 11.0. The van der Waals surface area contributed by atoms with Gasteiger partial charge in [0.2, 0.25) is 0 Å². The highest BCUT2D eigenvalue weighted by molar-refractivity contribution is 5.69. The molecule has 0 spiro atoms. The summed E-state index contributed by atoms with van der Waals surface area (Å²) in [5, 5.41) is 8.77. The zero-order chi connectivity index (χ0) is 11.8. The molecule has 0 aliphatic heterocycles. The number of ether oxygens (including phenoxy) is 1. The van der Waals surface area contributed by atoms with Gasteiger partial charge in [-0.2, -0.15) is 5.26 Å². The Kier molecular flexibility index (Phi) is 5.87. The topological polar surface area (TPSA) is 53.3 Å². The van der Waals surface area contributed by atoms with Gasteiger partial charge in [-0.15, -0.1) is 0 Å². The number of nitrogens with zero attached hydrogens (tertiary/aromatic N) is 2. The largest absolute Gasteiger partial charge is 0.469 e. The van der Waals surface area contributed by atoms with Gasteiger partial charge < -0.3 is 4.74 Å². The SMILES string of the molecule is COC(=O)CCCN(CC#N)C1CCCC1. The molecule has 1 rings (SSSR count). The van der Waals surface area contributed by atoms with Crippen molar-refractivity contribution in [3.8, 4) is 6.07 Å². The lowest BCUT2D eigenvalue weighted by Crippen LogP contribution is -2.34. The van der Waals surface area contributed by atoms with Gasteiger partial charge in [0.05, 0.1) is 19.7 Å². The van der Waals surface area contributed by atoms with Crippen LogP contribution in [0.1, 0.15) is 38.5 Å². The molecular weight excluding hydrogens is 204 g/mol. The van der Waals surface area contributed by atoms with Gasteiger partial charge in [-0.1, -0.05) is 12.8 Å². The van der Waals surface area contributed by atoms with E-state index >= 15 is 0 Å². The number of hydrogen-bond acceptors (Lipinski definition) is 4. The zero-order valence-corrected chi connectivity index (χ0v) is 9.95. The Bertz CT molecular complexity index is 254. The molecule has 0 aromatic carbocycles. The maximum Gasteiger partial charge on any atom is 0.305 e. The van der Waals surface area contributed by atoms with Crippen LogP contribution >= 0.6 is 0 Å². The van der Waals surface area contributed by atoms with Crippen LogP contribution in [0.4, 0.5) is 0 Å². The van der Waals surface area contributed by atoms with E-state index in [1.54, 1.807) is 0 Å². The lowest BCUT2D eigenvalue weighted by atomic mass is 10.2. The minimum atomic E-state index is -0.164. The van der Waals surface area contributed by atoms with E-state index in [1.807, 2.05) is 0 Å². The van der Waals surface area contributed by atoms with E-state index in [-0.39, 0.29) is 5.97 Å². The molecule has 1 saturated carbocycles. The summed E-state index contributed by atoms with van der Waals surface area (Å²) in [6.07, 6.45) is 6.16. The Labute approximate surface area is 97.2 Å². The summed E-state index contributed by atoms with van der Waals surface area (Å²) in [5.41, 5.74) is 0. The molecule has 4 heteroatoms. The van der Waals surface area contributed by atoms with Crippen molar-refractivity contribution >= 4 is 5.97 Å². The van der Waals surface area contributed by atoms with E-state index in [0.29, 0.717) is 19.0 Å². The Hall–Kier alpha value is -1.08. The third kappa shape index (κ3) is 4.19. The molecule has 0 bridgehead atoms. The normalized spacial score (nSPS) is 16.3. The summed E-state index contributed by atoms with van der Waals surface area (Å²) in [4.78, 5) is 13.2. The van der Waals surface area contributed by atoms with Crippen molar-refractivity contribution in [2.45, 2.75) is 44.6 Å². The van der Waals surface area contributed by atoms with Gasteiger partial charge in [0, 0.05) is 12.5 Å². The Morgan fingerprint density at radius 1 is 1.50 bits per heavy atom. The highest BCUT2D eigenvalue weighted by Crippen LogP contribution is 2.23. The summed E-state index contributed by atoms with van der Waals surface area (Å²) >= 11 is 0. The van der Waals surface area contributed by atoms with E-state index in [4.69, 9.17) is 5.26 Å². The number of nitriles is 1. The van der Waals surface area contributed by atoms with Crippen molar-refractivity contribution in [2.24, 2.45) is 0 Å². The lowest BCUT2D eigenvalue weighted by molar-refractivity contribution is -0.140. The second kappa shape index (κ2) is 7.24. The summed E-state index contributed by atoms with van der Waals surface area (Å²) in [5.74, 6) is -0.164. The molecular formula is C12H20N2O2. The molecule has 0 aromatic rings. The molecule has 0 heterocycles. The van der Waals surface area contributed by atoms with Crippen molar-refractivity contribution in [2.75, 3.05) is 20.2 Å². The standard InChI is InChI=1S/C12H20N2O2/c1-16-12(15)7-4-9-14(10-8-13)11-5-2-3-6-11/h11H,2-7,9-10H2,1H3. The first kappa shape index (κ1) is 13.0. The van der Waals surface area contributed by atoms with Crippen molar-refractivity contribution in [3.63, 3.8) is 0 Å². The fraction of sp³-hybridized carbons (Fsp3) is 0.833. The van der Waals surface area contributed by atoms with Crippen LogP contribution in [-0.2, 0) is 9.53 Å². The van der Waals surface area contributed by atoms with Crippen LogP contribution in [0.15, 0.2) is 0 Å². The second-order valence-electron chi connectivity index (χ2n) is 4.25. The van der Waals surface area contributed by atoms with Crippen molar-refractivity contribution < 1.29 is 9.53 Å². The predicted molar refractivity (Wildman–Crippen MR) is 60.7 cm³/mol. The van der Waals surface area contributed by atoms with Crippen LogP contribution in [-0.4, -0.2) is 37.1 Å². The van der Waals surface area contributed by atoms with E-state index in [9.17, 15) is 4.79 Å². The Morgan fingerprint density at radius 2 is 2.19 bits per heavy atom. The number of rotatable bonds is 6. The first-order chi connectivity index (χ1) is 7.77. The summed E-state index contributed by atoms with van der Waals surface area (Å²) in [6.45, 7) is 1.30. The van der Waals surface area contributed by atoms with E-state index < -0.39 is 0 Å². The number of methoxy groups -OCH3 is 1. The van der Waals surface area contributed by atoms with Gasteiger partial charge >= 0.3 is 5.97 Å². The number of carbonyl (C=O) groups is 1. The lowest BCUT2D eigenvalue weighted by Gasteiger charge is -2.25. The summed E-state index contributed by atoms with van der Waals surface area (Å²) < 4.78 is 4.60. The minimum Gasteiger partial charge on any atom is -0.469 e. The van der Waals surface area contributed by atoms with Crippen molar-refractivity contribution in [3.05, 3.63) is 0 Å². The molecule has 0 saturated heterocycles. The maximum absolute atomic E-state index is 11.0. The minimum absolute atomic E-state index is 0.164. The molecule has 1 fully saturated rings. The Morgan fingerprint density at radius 3 is 2.75 bits per heavy atom. The number of hydrogen-bond donors (Lipinski definition) is 0. The highest BCUT2D eigenvalue weighted by Gasteiger charge is 2.21. The van der Waals surface area contributed by atoms with E-state index in [1.165, 1.54) is 32.8 Å². The average molecular weight is 224 g/mol. The van der Waals surface area contributed by atoms with Crippen LogP contribution < -0.4 is 0 Å². The quantitative estimate of drug-likeness (QED) is 0.509. The fourth-order valence-corrected chi connectivity index (χ4v) is 2.28. The molecule has 0 N–H and O–H groups in total. The molecule has 1 aliphatic rings. The molecule has 4 nitrogen and oxygen atoms in total. The summed E-state index contributed by atoms with van der Waals surface area (Å²) in [6, 6.07) is 2.76. The van der Waals surface area contributed by atoms with Crippen molar-refractivity contribution in [1.29, 1.82) is 5.26 Å². The van der Waals surface area contributed by atoms with Crippen LogP contribution in [0.3, 0.4) is 0 Å². The van der Waals surface area contributed by atoms with Gasteiger partial charge in [0.15, 0.2) is 0 Å². The van der Waals surface area contributed by atoms with Crippen LogP contribution in [0.25, 0.3) is 0 Å². The predicted octanol–water partition coefficient (Wildman–Crippen LogP) is 1.71. The van der Waals surface area contributed by atoms with Gasteiger partial charge in [0.1, 0.15) is 0 Å². The van der Waals surface area contributed by atoms with Gasteiger partial charge in [0.25, 0.3) is 0 Å². The number of esters is 1.